The third-order valence-corrected chi connectivity index (χ3v) is 7.00. The van der Waals surface area contributed by atoms with Crippen molar-refractivity contribution in [2.24, 2.45) is 0 Å². The Kier molecular flexibility index (Phi) is 8.16. The molecular weight excluding hydrogens is 450 g/mol. The molecule has 0 saturated heterocycles. The molecule has 0 atom stereocenters. The highest BCUT2D eigenvalue weighted by atomic mass is 32.2. The molecule has 6 nitrogen and oxygen atoms in total. The molecule has 0 aliphatic carbocycles. The summed E-state index contributed by atoms with van der Waals surface area (Å²) in [5.74, 6) is 1.15. The first kappa shape index (κ1) is 23.1. The molecule has 4 aromatic rings. The predicted molar refractivity (Wildman–Crippen MR) is 137 cm³/mol. The predicted octanol–water partition coefficient (Wildman–Crippen LogP) is 4.79. The van der Waals surface area contributed by atoms with E-state index in [1.54, 1.807) is 11.3 Å². The minimum Gasteiger partial charge on any atom is -0.375 e. The fourth-order valence-electron chi connectivity index (χ4n) is 3.43. The summed E-state index contributed by atoms with van der Waals surface area (Å²) in [5.41, 5.74) is 2.35. The fourth-order valence-corrected chi connectivity index (χ4v) is 4.91. The van der Waals surface area contributed by atoms with E-state index in [1.807, 2.05) is 53.9 Å². The van der Waals surface area contributed by atoms with Crippen molar-refractivity contribution >= 4 is 34.7 Å². The summed E-state index contributed by atoms with van der Waals surface area (Å²) in [7, 11) is 2.07. The molecule has 0 spiro atoms. The van der Waals surface area contributed by atoms with Gasteiger partial charge >= 0.3 is 0 Å². The third-order valence-electron chi connectivity index (χ3n) is 5.16. The number of nitrogens with zero attached hydrogens (tertiary/aromatic N) is 4. The molecule has 0 radical (unpaired) electrons. The van der Waals surface area contributed by atoms with Crippen molar-refractivity contribution in [2.75, 3.05) is 30.8 Å². The first-order chi connectivity index (χ1) is 16.2. The monoisotopic (exact) mass is 477 g/mol. The smallest absolute Gasteiger partial charge is 0.230 e. The minimum atomic E-state index is 0.00861. The molecule has 4 rings (SSSR count). The zero-order valence-corrected chi connectivity index (χ0v) is 20.2. The first-order valence-electron chi connectivity index (χ1n) is 10.9. The molecular formula is C25H27N5OS2. The maximum Gasteiger partial charge on any atom is 0.230 e. The Morgan fingerprint density at radius 2 is 1.79 bits per heavy atom. The van der Waals surface area contributed by atoms with Crippen LogP contribution in [0.15, 0.2) is 83.3 Å². The third kappa shape index (κ3) is 6.46. The van der Waals surface area contributed by atoms with Crippen molar-refractivity contribution in [2.45, 2.75) is 18.1 Å². The molecule has 33 heavy (non-hydrogen) atoms. The average molecular weight is 478 g/mol. The van der Waals surface area contributed by atoms with Crippen LogP contribution >= 0.6 is 23.1 Å². The summed E-state index contributed by atoms with van der Waals surface area (Å²) in [4.78, 5) is 15.7. The van der Waals surface area contributed by atoms with Crippen LogP contribution in [0.25, 0.3) is 10.7 Å². The number of benzene rings is 2. The maximum atomic E-state index is 12.4. The lowest BCUT2D eigenvalue weighted by Gasteiger charge is -2.19. The minimum absolute atomic E-state index is 0.00861. The molecule has 170 valence electrons. The molecule has 0 bridgehead atoms. The molecule has 0 unspecified atom stereocenters. The van der Waals surface area contributed by atoms with E-state index in [0.29, 0.717) is 18.8 Å². The molecule has 2 heterocycles. The number of carbonyl (C=O) groups excluding carboxylic acids is 1. The lowest BCUT2D eigenvalue weighted by Crippen LogP contribution is -2.29. The van der Waals surface area contributed by atoms with Crippen LogP contribution < -0.4 is 10.2 Å². The number of hydrogen-bond donors (Lipinski definition) is 1. The van der Waals surface area contributed by atoms with Crippen molar-refractivity contribution in [3.63, 3.8) is 0 Å². The summed E-state index contributed by atoms with van der Waals surface area (Å²) >= 11 is 3.06. The van der Waals surface area contributed by atoms with Crippen LogP contribution in [-0.4, -0.2) is 46.6 Å². The number of aromatic nitrogens is 3. The molecule has 0 aliphatic rings. The lowest BCUT2D eigenvalue weighted by molar-refractivity contribution is -0.118. The summed E-state index contributed by atoms with van der Waals surface area (Å²) in [5, 5.41) is 14.6. The molecule has 1 amide bonds. The Morgan fingerprint density at radius 1 is 1.03 bits per heavy atom. The standard InChI is InChI=1S/C25H27N5OS2/c1-29(21-12-6-3-7-13-21)16-9-15-26-23(31)19-33-25-28-27-24(22-14-8-17-32-22)30(25)18-20-10-4-2-5-11-20/h2-8,10-14,17H,9,15-16,18-19H2,1H3,(H,26,31). The average Bonchev–Trinajstić information content (AvgIpc) is 3.52. The van der Waals surface area contributed by atoms with Crippen LogP contribution in [0.5, 0.6) is 0 Å². The molecule has 2 aromatic heterocycles. The number of anilines is 1. The van der Waals surface area contributed by atoms with Gasteiger partial charge in [0.05, 0.1) is 17.2 Å². The number of nitrogens with one attached hydrogen (secondary N) is 1. The van der Waals surface area contributed by atoms with E-state index in [1.165, 1.54) is 23.0 Å². The Hall–Kier alpha value is -3.10. The molecule has 0 fully saturated rings. The van der Waals surface area contributed by atoms with Gasteiger partial charge < -0.3 is 10.2 Å². The van der Waals surface area contributed by atoms with Gasteiger partial charge in [0.25, 0.3) is 0 Å². The van der Waals surface area contributed by atoms with Crippen molar-refractivity contribution in [3.05, 3.63) is 83.7 Å². The zero-order chi connectivity index (χ0) is 22.9. The normalized spacial score (nSPS) is 10.8. The largest absolute Gasteiger partial charge is 0.375 e. The summed E-state index contributed by atoms with van der Waals surface area (Å²) in [6.07, 6.45) is 0.883. The van der Waals surface area contributed by atoms with Crippen molar-refractivity contribution in [1.29, 1.82) is 0 Å². The quantitative estimate of drug-likeness (QED) is 0.249. The summed E-state index contributed by atoms with van der Waals surface area (Å²) in [6.45, 7) is 2.19. The van der Waals surface area contributed by atoms with Crippen LogP contribution in [0.1, 0.15) is 12.0 Å². The van der Waals surface area contributed by atoms with Crippen LogP contribution in [0.4, 0.5) is 5.69 Å². The highest BCUT2D eigenvalue weighted by molar-refractivity contribution is 7.99. The zero-order valence-electron chi connectivity index (χ0n) is 18.6. The van der Waals surface area contributed by atoms with Crippen LogP contribution in [-0.2, 0) is 11.3 Å². The van der Waals surface area contributed by atoms with E-state index < -0.39 is 0 Å². The van der Waals surface area contributed by atoms with Crippen LogP contribution in [0.3, 0.4) is 0 Å². The van der Waals surface area contributed by atoms with E-state index in [-0.39, 0.29) is 5.91 Å². The van der Waals surface area contributed by atoms with Crippen LogP contribution in [0, 0.1) is 0 Å². The molecule has 8 heteroatoms. The van der Waals surface area contributed by atoms with E-state index in [0.717, 1.165) is 28.8 Å². The number of thioether (sulfide) groups is 1. The number of thiophene rings is 1. The van der Waals surface area contributed by atoms with E-state index in [2.05, 4.69) is 56.3 Å². The van der Waals surface area contributed by atoms with Crippen molar-refractivity contribution in [1.82, 2.24) is 20.1 Å². The highest BCUT2D eigenvalue weighted by Gasteiger charge is 2.16. The molecule has 2 aromatic carbocycles. The van der Waals surface area contributed by atoms with Gasteiger partial charge in [-0.15, -0.1) is 21.5 Å². The van der Waals surface area contributed by atoms with Gasteiger partial charge in [0.2, 0.25) is 5.91 Å². The lowest BCUT2D eigenvalue weighted by atomic mass is 10.2. The summed E-state index contributed by atoms with van der Waals surface area (Å²) in [6, 6.07) is 24.6. The van der Waals surface area contributed by atoms with Crippen LogP contribution in [0.2, 0.25) is 0 Å². The number of rotatable bonds is 11. The molecule has 0 saturated carbocycles. The van der Waals surface area contributed by atoms with Gasteiger partial charge in [-0.2, -0.15) is 0 Å². The van der Waals surface area contributed by atoms with E-state index >= 15 is 0 Å². The Morgan fingerprint density at radius 3 is 2.52 bits per heavy atom. The summed E-state index contributed by atoms with van der Waals surface area (Å²) < 4.78 is 2.09. The second-order valence-corrected chi connectivity index (χ2v) is 9.49. The van der Waals surface area contributed by atoms with Gasteiger partial charge in [0.1, 0.15) is 0 Å². The second-order valence-electron chi connectivity index (χ2n) is 7.60. The van der Waals surface area contributed by atoms with Gasteiger partial charge in [0, 0.05) is 25.8 Å². The van der Waals surface area contributed by atoms with Gasteiger partial charge in [-0.25, -0.2) is 0 Å². The Bertz CT molecular complexity index is 1130. The van der Waals surface area contributed by atoms with Gasteiger partial charge in [-0.1, -0.05) is 66.4 Å². The fraction of sp³-hybridized carbons (Fsp3) is 0.240. The molecule has 0 aliphatic heterocycles. The van der Waals surface area contributed by atoms with Gasteiger partial charge in [-0.3, -0.25) is 9.36 Å². The maximum absolute atomic E-state index is 12.4. The SMILES string of the molecule is CN(CCCNC(=O)CSc1nnc(-c2cccs2)n1Cc1ccccc1)c1ccccc1. The topological polar surface area (TPSA) is 63.1 Å². The highest BCUT2D eigenvalue weighted by Crippen LogP contribution is 2.28. The number of carbonyl (C=O) groups is 1. The van der Waals surface area contributed by atoms with Crippen molar-refractivity contribution < 1.29 is 4.79 Å². The van der Waals surface area contributed by atoms with Gasteiger partial charge in [0.15, 0.2) is 11.0 Å². The second kappa shape index (κ2) is 11.7. The van der Waals surface area contributed by atoms with E-state index in [9.17, 15) is 4.79 Å². The number of hydrogen-bond acceptors (Lipinski definition) is 6. The number of amides is 1. The Balaban J connectivity index is 1.30. The Labute approximate surface area is 202 Å². The van der Waals surface area contributed by atoms with Crippen molar-refractivity contribution in [3.8, 4) is 10.7 Å². The number of para-hydroxylation sites is 1. The van der Waals surface area contributed by atoms with Gasteiger partial charge in [-0.05, 0) is 35.6 Å². The van der Waals surface area contributed by atoms with E-state index in [4.69, 9.17) is 0 Å². The molecule has 1 N–H and O–H groups in total. The first-order valence-corrected chi connectivity index (χ1v) is 12.7.